The van der Waals surface area contributed by atoms with Gasteiger partial charge in [-0.3, -0.25) is 4.79 Å². The molecule has 0 bridgehead atoms. The van der Waals surface area contributed by atoms with Gasteiger partial charge >= 0.3 is 0 Å². The van der Waals surface area contributed by atoms with Crippen molar-refractivity contribution in [2.75, 3.05) is 18.5 Å². The first-order valence-corrected chi connectivity index (χ1v) is 5.92. The van der Waals surface area contributed by atoms with E-state index in [1.807, 2.05) is 13.1 Å². The molecule has 1 N–H and O–H groups in total. The maximum absolute atomic E-state index is 11.1. The van der Waals surface area contributed by atoms with E-state index >= 15 is 0 Å². The molecule has 0 radical (unpaired) electrons. The Morgan fingerprint density at radius 1 is 1.53 bits per heavy atom. The van der Waals surface area contributed by atoms with Gasteiger partial charge in [0, 0.05) is 25.4 Å². The Labute approximate surface area is 101 Å². The maximum atomic E-state index is 11.1. The second-order valence-electron chi connectivity index (χ2n) is 4.83. The highest BCUT2D eigenvalue weighted by Crippen LogP contribution is 2.28. The first-order chi connectivity index (χ1) is 8.06. The molecule has 4 heteroatoms. The van der Waals surface area contributed by atoms with E-state index in [1.54, 1.807) is 12.3 Å². The molecule has 1 aliphatic carbocycles. The molecule has 0 atom stereocenters. The molecule has 92 valence electrons. The van der Waals surface area contributed by atoms with Crippen molar-refractivity contribution in [3.05, 3.63) is 23.9 Å². The molecule has 4 nitrogen and oxygen atoms in total. The van der Waals surface area contributed by atoms with E-state index in [2.05, 4.69) is 9.88 Å². The molecule has 1 saturated carbocycles. The Morgan fingerprint density at radius 3 is 2.71 bits per heavy atom. The number of carbonyl (C=O) groups is 1. The van der Waals surface area contributed by atoms with Crippen LogP contribution < -0.4 is 4.90 Å². The Morgan fingerprint density at radius 2 is 2.24 bits per heavy atom. The number of pyridine rings is 1. The van der Waals surface area contributed by atoms with Crippen LogP contribution in [-0.4, -0.2) is 35.6 Å². The monoisotopic (exact) mass is 234 g/mol. The van der Waals surface area contributed by atoms with Crippen LogP contribution in [0, 0.1) is 5.92 Å². The fraction of sp³-hybridized carbons (Fsp3) is 0.538. The van der Waals surface area contributed by atoms with Crippen molar-refractivity contribution in [1.82, 2.24) is 4.98 Å². The van der Waals surface area contributed by atoms with E-state index in [0.717, 1.165) is 25.2 Å². The number of aliphatic hydroxyl groups is 1. The molecule has 2 rings (SSSR count). The summed E-state index contributed by atoms with van der Waals surface area (Å²) in [7, 11) is 1.99. The van der Waals surface area contributed by atoms with E-state index in [1.165, 1.54) is 6.92 Å². The zero-order chi connectivity index (χ0) is 12.4. The van der Waals surface area contributed by atoms with Crippen LogP contribution in [0.25, 0.3) is 0 Å². The van der Waals surface area contributed by atoms with E-state index in [9.17, 15) is 9.90 Å². The third-order valence-electron chi connectivity index (χ3n) is 3.29. The summed E-state index contributed by atoms with van der Waals surface area (Å²) >= 11 is 0. The highest BCUT2D eigenvalue weighted by atomic mass is 16.3. The Bertz CT molecular complexity index is 396. The van der Waals surface area contributed by atoms with Gasteiger partial charge in [-0.15, -0.1) is 0 Å². The summed E-state index contributed by atoms with van der Waals surface area (Å²) in [5.74, 6) is 1.47. The van der Waals surface area contributed by atoms with Gasteiger partial charge < -0.3 is 10.0 Å². The minimum Gasteiger partial charge on any atom is -0.393 e. The normalized spacial score (nSPS) is 23.0. The second-order valence-corrected chi connectivity index (χ2v) is 4.83. The molecule has 1 aromatic heterocycles. The van der Waals surface area contributed by atoms with Crippen LogP contribution in [0.4, 0.5) is 5.82 Å². The van der Waals surface area contributed by atoms with E-state index < -0.39 is 0 Å². The summed E-state index contributed by atoms with van der Waals surface area (Å²) in [5, 5.41) is 9.23. The van der Waals surface area contributed by atoms with Gasteiger partial charge in [0.05, 0.1) is 6.10 Å². The summed E-state index contributed by atoms with van der Waals surface area (Å²) in [6.45, 7) is 2.44. The number of Topliss-reactive ketones (excluding diaryl/α,β-unsaturated/α-hetero) is 1. The maximum Gasteiger partial charge on any atom is 0.161 e. The average molecular weight is 234 g/mol. The number of rotatable bonds is 4. The van der Waals surface area contributed by atoms with Gasteiger partial charge in [0.15, 0.2) is 5.78 Å². The molecule has 0 unspecified atom stereocenters. The highest BCUT2D eigenvalue weighted by molar-refractivity contribution is 5.93. The van der Waals surface area contributed by atoms with Crippen LogP contribution in [-0.2, 0) is 0 Å². The zero-order valence-corrected chi connectivity index (χ0v) is 10.3. The third-order valence-corrected chi connectivity index (χ3v) is 3.29. The molecule has 1 heterocycles. The largest absolute Gasteiger partial charge is 0.393 e. The molecule has 0 saturated heterocycles. The first kappa shape index (κ1) is 12.0. The fourth-order valence-electron chi connectivity index (χ4n) is 2.15. The number of aromatic nitrogens is 1. The molecule has 1 fully saturated rings. The lowest BCUT2D eigenvalue weighted by Gasteiger charge is -2.34. The number of hydrogen-bond donors (Lipinski definition) is 1. The topological polar surface area (TPSA) is 53.4 Å². The zero-order valence-electron chi connectivity index (χ0n) is 10.3. The fourth-order valence-corrected chi connectivity index (χ4v) is 2.15. The quantitative estimate of drug-likeness (QED) is 0.802. The standard InChI is InChI=1S/C13H18N2O2/c1-9(16)11-3-4-13(14-7-11)15(2)8-10-5-12(17)6-10/h3-4,7,10,12,17H,5-6,8H2,1-2H3. The second kappa shape index (κ2) is 4.84. The smallest absolute Gasteiger partial charge is 0.161 e. The molecular weight excluding hydrogens is 216 g/mol. The van der Waals surface area contributed by atoms with Crippen molar-refractivity contribution in [3.8, 4) is 0 Å². The molecule has 1 aliphatic rings. The van der Waals surface area contributed by atoms with Crippen LogP contribution in [0.15, 0.2) is 18.3 Å². The van der Waals surface area contributed by atoms with Crippen LogP contribution in [0.3, 0.4) is 0 Å². The summed E-state index contributed by atoms with van der Waals surface area (Å²) in [5.41, 5.74) is 0.640. The van der Waals surface area contributed by atoms with E-state index in [-0.39, 0.29) is 11.9 Å². The van der Waals surface area contributed by atoms with Crippen LogP contribution >= 0.6 is 0 Å². The van der Waals surface area contributed by atoms with Crippen molar-refractivity contribution >= 4 is 11.6 Å². The first-order valence-electron chi connectivity index (χ1n) is 5.92. The van der Waals surface area contributed by atoms with Gasteiger partial charge in [0.2, 0.25) is 0 Å². The Balaban J connectivity index is 1.94. The predicted molar refractivity (Wildman–Crippen MR) is 66.2 cm³/mol. The molecule has 0 spiro atoms. The average Bonchev–Trinajstić information content (AvgIpc) is 2.27. The van der Waals surface area contributed by atoms with Gasteiger partial charge in [-0.05, 0) is 37.8 Å². The summed E-state index contributed by atoms with van der Waals surface area (Å²) in [4.78, 5) is 17.5. The lowest BCUT2D eigenvalue weighted by Crippen LogP contribution is -2.37. The van der Waals surface area contributed by atoms with Crippen LogP contribution in [0.1, 0.15) is 30.1 Å². The van der Waals surface area contributed by atoms with Gasteiger partial charge in [-0.25, -0.2) is 4.98 Å². The van der Waals surface area contributed by atoms with Crippen molar-refractivity contribution in [1.29, 1.82) is 0 Å². The predicted octanol–water partition coefficient (Wildman–Crippen LogP) is 1.49. The molecule has 1 aromatic rings. The van der Waals surface area contributed by atoms with Crippen molar-refractivity contribution in [3.63, 3.8) is 0 Å². The number of nitrogens with zero attached hydrogens (tertiary/aromatic N) is 2. The highest BCUT2D eigenvalue weighted by Gasteiger charge is 2.28. The van der Waals surface area contributed by atoms with E-state index in [0.29, 0.717) is 11.5 Å². The lowest BCUT2D eigenvalue weighted by molar-refractivity contribution is 0.0464. The van der Waals surface area contributed by atoms with Gasteiger partial charge in [-0.1, -0.05) is 0 Å². The van der Waals surface area contributed by atoms with Crippen molar-refractivity contribution in [2.45, 2.75) is 25.9 Å². The van der Waals surface area contributed by atoms with Crippen molar-refractivity contribution < 1.29 is 9.90 Å². The molecule has 0 amide bonds. The summed E-state index contributed by atoms with van der Waals surface area (Å²) < 4.78 is 0. The Hall–Kier alpha value is -1.42. The van der Waals surface area contributed by atoms with Gasteiger partial charge in [-0.2, -0.15) is 0 Å². The molecule has 0 aliphatic heterocycles. The number of ketones is 1. The van der Waals surface area contributed by atoms with Gasteiger partial charge in [0.1, 0.15) is 5.82 Å². The summed E-state index contributed by atoms with van der Waals surface area (Å²) in [6.07, 6.45) is 3.27. The number of aliphatic hydroxyl groups excluding tert-OH is 1. The van der Waals surface area contributed by atoms with E-state index in [4.69, 9.17) is 0 Å². The van der Waals surface area contributed by atoms with Gasteiger partial charge in [0.25, 0.3) is 0 Å². The SMILES string of the molecule is CC(=O)c1ccc(N(C)CC2CC(O)C2)nc1. The molecule has 17 heavy (non-hydrogen) atoms. The molecule has 0 aromatic carbocycles. The number of hydrogen-bond acceptors (Lipinski definition) is 4. The lowest BCUT2D eigenvalue weighted by atomic mass is 9.82. The molecular formula is C13H18N2O2. The minimum absolute atomic E-state index is 0.0359. The Kier molecular flexibility index (Phi) is 3.43. The van der Waals surface area contributed by atoms with Crippen LogP contribution in [0.2, 0.25) is 0 Å². The van der Waals surface area contributed by atoms with Crippen LogP contribution in [0.5, 0.6) is 0 Å². The summed E-state index contributed by atoms with van der Waals surface area (Å²) in [6, 6.07) is 3.67. The number of anilines is 1. The number of carbonyl (C=O) groups excluding carboxylic acids is 1. The van der Waals surface area contributed by atoms with Crippen molar-refractivity contribution in [2.24, 2.45) is 5.92 Å². The third kappa shape index (κ3) is 2.82. The minimum atomic E-state index is -0.110.